The second-order valence-electron chi connectivity index (χ2n) is 8.77. The van der Waals surface area contributed by atoms with E-state index in [2.05, 4.69) is 48.2 Å². The van der Waals surface area contributed by atoms with Gasteiger partial charge in [-0.1, -0.05) is 23.7 Å². The highest BCUT2D eigenvalue weighted by Gasteiger charge is 2.20. The molecule has 4 rings (SSSR count). The van der Waals surface area contributed by atoms with Crippen LogP contribution < -0.4 is 19.9 Å². The molecule has 0 spiro atoms. The van der Waals surface area contributed by atoms with Crippen molar-refractivity contribution < 1.29 is 9.47 Å². The van der Waals surface area contributed by atoms with Gasteiger partial charge in [0.15, 0.2) is 11.5 Å². The molecule has 7 heteroatoms. The number of fused-ring (bicyclic) bond motifs is 1. The summed E-state index contributed by atoms with van der Waals surface area (Å²) in [5.41, 5.74) is 2.70. The van der Waals surface area contributed by atoms with E-state index in [1.54, 1.807) is 20.3 Å². The lowest BCUT2D eigenvalue weighted by Gasteiger charge is -2.32. The van der Waals surface area contributed by atoms with Crippen LogP contribution in [0.5, 0.6) is 11.5 Å². The van der Waals surface area contributed by atoms with Crippen LogP contribution in [-0.4, -0.2) is 50.3 Å². The largest absolute Gasteiger partial charge is 0.493 e. The van der Waals surface area contributed by atoms with Gasteiger partial charge in [-0.25, -0.2) is 0 Å². The third kappa shape index (κ3) is 4.94. The molecule has 1 fully saturated rings. The van der Waals surface area contributed by atoms with E-state index in [4.69, 9.17) is 9.47 Å². The van der Waals surface area contributed by atoms with Crippen molar-refractivity contribution in [1.29, 1.82) is 0 Å². The van der Waals surface area contributed by atoms with Crippen LogP contribution >= 0.6 is 11.5 Å². The first-order valence-corrected chi connectivity index (χ1v) is 12.0. The van der Waals surface area contributed by atoms with Gasteiger partial charge in [-0.3, -0.25) is 13.7 Å². The summed E-state index contributed by atoms with van der Waals surface area (Å²) in [5, 5.41) is 0.711. The number of likely N-dealkylation sites (tertiary alicyclic amines) is 1. The quantitative estimate of drug-likeness (QED) is 0.502. The molecule has 0 radical (unpaired) electrons. The van der Waals surface area contributed by atoms with Crippen LogP contribution in [0.2, 0.25) is 0 Å². The summed E-state index contributed by atoms with van der Waals surface area (Å²) in [6.07, 6.45) is 3.42. The molecule has 3 aromatic rings. The van der Waals surface area contributed by atoms with E-state index in [1.165, 1.54) is 35.6 Å². The number of nitrogens with zero attached hydrogens (tertiary/aromatic N) is 3. The van der Waals surface area contributed by atoms with Crippen molar-refractivity contribution >= 4 is 27.3 Å². The minimum atomic E-state index is 0.0733. The Morgan fingerprint density at radius 3 is 2.47 bits per heavy atom. The van der Waals surface area contributed by atoms with Gasteiger partial charge in [0.25, 0.3) is 5.56 Å². The Labute approximate surface area is 194 Å². The maximum Gasteiger partial charge on any atom is 0.268 e. The molecule has 0 aliphatic carbocycles. The molecule has 2 aromatic carbocycles. The van der Waals surface area contributed by atoms with Crippen molar-refractivity contribution in [2.45, 2.75) is 32.4 Å². The molecule has 2 heterocycles. The SMILES string of the molecule is COc1cc2sn(CCC3CCN(Cc4cccc(N(C)C)c4)CC3)c(=O)c2cc1OC. The van der Waals surface area contributed by atoms with Crippen molar-refractivity contribution in [1.82, 2.24) is 8.86 Å². The highest BCUT2D eigenvalue weighted by Crippen LogP contribution is 2.33. The van der Waals surface area contributed by atoms with Gasteiger partial charge in [0.2, 0.25) is 0 Å². The number of aromatic nitrogens is 1. The molecule has 1 saturated heterocycles. The minimum absolute atomic E-state index is 0.0733. The van der Waals surface area contributed by atoms with Crippen molar-refractivity contribution in [2.75, 3.05) is 46.3 Å². The molecule has 1 aliphatic rings. The lowest BCUT2D eigenvalue weighted by atomic mass is 9.93. The molecule has 0 saturated carbocycles. The molecule has 0 atom stereocenters. The fraction of sp³-hybridized carbons (Fsp3) is 0.480. The van der Waals surface area contributed by atoms with Crippen LogP contribution in [0.4, 0.5) is 5.69 Å². The van der Waals surface area contributed by atoms with E-state index in [0.717, 1.165) is 37.3 Å². The lowest BCUT2D eigenvalue weighted by molar-refractivity contribution is 0.170. The smallest absolute Gasteiger partial charge is 0.268 e. The monoisotopic (exact) mass is 455 g/mol. The Bertz CT molecular complexity index is 1110. The summed E-state index contributed by atoms with van der Waals surface area (Å²) in [5.74, 6) is 1.93. The summed E-state index contributed by atoms with van der Waals surface area (Å²) >= 11 is 1.52. The summed E-state index contributed by atoms with van der Waals surface area (Å²) in [6, 6.07) is 12.5. The van der Waals surface area contributed by atoms with Gasteiger partial charge in [0.1, 0.15) is 0 Å². The number of aryl methyl sites for hydroxylation is 1. The van der Waals surface area contributed by atoms with Crippen molar-refractivity contribution in [3.8, 4) is 11.5 Å². The predicted molar refractivity (Wildman–Crippen MR) is 133 cm³/mol. The number of rotatable bonds is 8. The number of benzene rings is 2. The van der Waals surface area contributed by atoms with Gasteiger partial charge < -0.3 is 14.4 Å². The Balaban J connectivity index is 1.33. The number of piperidine rings is 1. The van der Waals surface area contributed by atoms with Gasteiger partial charge in [-0.15, -0.1) is 0 Å². The van der Waals surface area contributed by atoms with Gasteiger partial charge in [0.05, 0.1) is 24.3 Å². The van der Waals surface area contributed by atoms with E-state index in [1.807, 2.05) is 10.0 Å². The first kappa shape index (κ1) is 22.7. The van der Waals surface area contributed by atoms with Crippen LogP contribution in [-0.2, 0) is 13.1 Å². The molecule has 1 aliphatic heterocycles. The number of ether oxygens (including phenoxy) is 2. The molecule has 0 bridgehead atoms. The average Bonchev–Trinajstić information content (AvgIpc) is 3.12. The van der Waals surface area contributed by atoms with Gasteiger partial charge in [-0.2, -0.15) is 0 Å². The molecular weight excluding hydrogens is 422 g/mol. The van der Waals surface area contributed by atoms with Crippen molar-refractivity contribution in [2.24, 2.45) is 5.92 Å². The molecule has 32 heavy (non-hydrogen) atoms. The van der Waals surface area contributed by atoms with Crippen molar-refractivity contribution in [3.63, 3.8) is 0 Å². The Kier molecular flexibility index (Phi) is 7.06. The normalized spacial score (nSPS) is 15.2. The Morgan fingerprint density at radius 1 is 1.06 bits per heavy atom. The zero-order valence-electron chi connectivity index (χ0n) is 19.5. The molecule has 0 amide bonds. The third-order valence-electron chi connectivity index (χ3n) is 6.43. The van der Waals surface area contributed by atoms with E-state index >= 15 is 0 Å². The van der Waals surface area contributed by atoms with E-state index in [0.29, 0.717) is 22.8 Å². The molecule has 6 nitrogen and oxygen atoms in total. The standard InChI is InChI=1S/C25H33N3O3S/c1-26(2)20-7-5-6-19(14-20)17-27-11-8-18(9-12-27)10-13-28-25(29)21-15-22(30-3)23(31-4)16-24(21)32-28/h5-7,14-16,18H,8-13,17H2,1-4H3. The van der Waals surface area contributed by atoms with E-state index in [-0.39, 0.29) is 5.56 Å². The highest BCUT2D eigenvalue weighted by atomic mass is 32.1. The number of anilines is 1. The fourth-order valence-corrected chi connectivity index (χ4v) is 5.49. The van der Waals surface area contributed by atoms with Crippen LogP contribution in [0.15, 0.2) is 41.2 Å². The van der Waals surface area contributed by atoms with Crippen LogP contribution in [0.1, 0.15) is 24.8 Å². The molecule has 172 valence electrons. The van der Waals surface area contributed by atoms with Crippen molar-refractivity contribution in [3.05, 3.63) is 52.3 Å². The average molecular weight is 456 g/mol. The van der Waals surface area contributed by atoms with Crippen LogP contribution in [0.25, 0.3) is 10.1 Å². The van der Waals surface area contributed by atoms with Gasteiger partial charge in [0, 0.05) is 38.9 Å². The number of hydrogen-bond donors (Lipinski definition) is 0. The maximum absolute atomic E-state index is 12.9. The maximum atomic E-state index is 12.9. The first-order valence-electron chi connectivity index (χ1n) is 11.2. The summed E-state index contributed by atoms with van der Waals surface area (Å²) in [4.78, 5) is 17.6. The van der Waals surface area contributed by atoms with E-state index < -0.39 is 0 Å². The van der Waals surface area contributed by atoms with Gasteiger partial charge in [-0.05, 0) is 62.0 Å². The summed E-state index contributed by atoms with van der Waals surface area (Å²) in [7, 11) is 7.38. The first-order chi connectivity index (χ1) is 15.5. The second-order valence-corrected chi connectivity index (χ2v) is 9.84. The second kappa shape index (κ2) is 9.96. The topological polar surface area (TPSA) is 46.9 Å². The Morgan fingerprint density at radius 2 is 1.78 bits per heavy atom. The molecule has 0 N–H and O–H groups in total. The van der Waals surface area contributed by atoms with Gasteiger partial charge >= 0.3 is 0 Å². The summed E-state index contributed by atoms with van der Waals surface area (Å²) < 4.78 is 13.6. The third-order valence-corrected chi connectivity index (χ3v) is 7.54. The number of methoxy groups -OCH3 is 2. The van der Waals surface area contributed by atoms with E-state index in [9.17, 15) is 4.79 Å². The van der Waals surface area contributed by atoms with Crippen LogP contribution in [0, 0.1) is 5.92 Å². The Hall–Kier alpha value is -2.51. The highest BCUT2D eigenvalue weighted by molar-refractivity contribution is 7.13. The summed E-state index contributed by atoms with van der Waals surface area (Å²) in [6.45, 7) is 4.02. The lowest BCUT2D eigenvalue weighted by Crippen LogP contribution is -2.33. The predicted octanol–water partition coefficient (Wildman–Crippen LogP) is 4.45. The zero-order valence-corrected chi connectivity index (χ0v) is 20.3. The molecule has 0 unspecified atom stereocenters. The van der Waals surface area contributed by atoms with Crippen LogP contribution in [0.3, 0.4) is 0 Å². The number of hydrogen-bond acceptors (Lipinski definition) is 6. The fourth-order valence-electron chi connectivity index (χ4n) is 4.47. The zero-order chi connectivity index (χ0) is 22.7. The molecular formula is C25H33N3O3S. The molecule has 1 aromatic heterocycles. The minimum Gasteiger partial charge on any atom is -0.493 e.